The molecule has 0 aliphatic carbocycles. The predicted octanol–water partition coefficient (Wildman–Crippen LogP) is 4.02. The number of aliphatic hydroxyl groups is 1. The molecule has 0 fully saturated rings. The van der Waals surface area contributed by atoms with Gasteiger partial charge in [0.25, 0.3) is 0 Å². The standard InChI is InChI=1S/C18H37O6P/c1-16(2)12-10-8-6-4-3-5-7-9-11-13-18(20)24-14-17(19)15-25(21,22)23/h16-17,19H,3-15H2,1-2H3,(H2,21,22,23). The van der Waals surface area contributed by atoms with Gasteiger partial charge in [-0.25, -0.2) is 0 Å². The Labute approximate surface area is 152 Å². The van der Waals surface area contributed by atoms with E-state index < -0.39 is 25.8 Å². The zero-order valence-corrected chi connectivity index (χ0v) is 16.8. The monoisotopic (exact) mass is 380 g/mol. The normalized spacial score (nSPS) is 13.2. The molecule has 3 N–H and O–H groups in total. The summed E-state index contributed by atoms with van der Waals surface area (Å²) in [7, 11) is -4.27. The number of esters is 1. The van der Waals surface area contributed by atoms with Gasteiger partial charge < -0.3 is 19.6 Å². The van der Waals surface area contributed by atoms with Crippen LogP contribution in [0, 0.1) is 5.92 Å². The minimum Gasteiger partial charge on any atom is -0.463 e. The fourth-order valence-corrected chi connectivity index (χ4v) is 3.30. The lowest BCUT2D eigenvalue weighted by molar-refractivity contribution is -0.146. The number of hydrogen-bond donors (Lipinski definition) is 3. The lowest BCUT2D eigenvalue weighted by Gasteiger charge is -2.12. The maximum atomic E-state index is 11.5. The number of ether oxygens (including phenoxy) is 1. The van der Waals surface area contributed by atoms with Gasteiger partial charge in [0.2, 0.25) is 0 Å². The third-order valence-electron chi connectivity index (χ3n) is 4.05. The third-order valence-corrected chi connectivity index (χ3v) is 4.94. The van der Waals surface area contributed by atoms with E-state index in [1.807, 2.05) is 0 Å². The second kappa shape index (κ2) is 14.7. The van der Waals surface area contributed by atoms with Crippen molar-refractivity contribution in [2.24, 2.45) is 5.92 Å². The van der Waals surface area contributed by atoms with Crippen LogP contribution >= 0.6 is 7.60 Å². The summed E-state index contributed by atoms with van der Waals surface area (Å²) in [4.78, 5) is 28.8. The van der Waals surface area contributed by atoms with Crippen molar-refractivity contribution in [3.05, 3.63) is 0 Å². The third kappa shape index (κ3) is 19.7. The molecule has 7 heteroatoms. The van der Waals surface area contributed by atoms with Crippen molar-refractivity contribution >= 4 is 13.6 Å². The van der Waals surface area contributed by atoms with Crippen LogP contribution < -0.4 is 0 Å². The minimum absolute atomic E-state index is 0.290. The topological polar surface area (TPSA) is 104 Å². The molecule has 1 atom stereocenters. The Kier molecular flexibility index (Phi) is 14.5. The van der Waals surface area contributed by atoms with Crippen LogP contribution in [-0.4, -0.2) is 39.7 Å². The Morgan fingerprint density at radius 2 is 1.40 bits per heavy atom. The summed E-state index contributed by atoms with van der Waals surface area (Å²) in [5, 5.41) is 9.34. The summed E-state index contributed by atoms with van der Waals surface area (Å²) in [6.07, 6.45) is 10.2. The maximum absolute atomic E-state index is 11.5. The van der Waals surface area contributed by atoms with Crippen molar-refractivity contribution in [3.8, 4) is 0 Å². The molecule has 0 saturated carbocycles. The van der Waals surface area contributed by atoms with Crippen LogP contribution in [0.5, 0.6) is 0 Å². The van der Waals surface area contributed by atoms with Crippen molar-refractivity contribution in [2.45, 2.75) is 90.6 Å². The Morgan fingerprint density at radius 1 is 0.920 bits per heavy atom. The smallest absolute Gasteiger partial charge is 0.328 e. The molecule has 0 amide bonds. The van der Waals surface area contributed by atoms with Crippen LogP contribution in [0.15, 0.2) is 0 Å². The van der Waals surface area contributed by atoms with E-state index in [0.29, 0.717) is 0 Å². The van der Waals surface area contributed by atoms with Crippen LogP contribution in [0.2, 0.25) is 0 Å². The van der Waals surface area contributed by atoms with Crippen LogP contribution in [-0.2, 0) is 14.1 Å². The molecule has 0 bridgehead atoms. The van der Waals surface area contributed by atoms with Gasteiger partial charge in [-0.2, -0.15) is 0 Å². The van der Waals surface area contributed by atoms with Crippen molar-refractivity contribution in [1.82, 2.24) is 0 Å². The zero-order valence-electron chi connectivity index (χ0n) is 15.9. The lowest BCUT2D eigenvalue weighted by Crippen LogP contribution is -2.22. The number of unbranched alkanes of at least 4 members (excludes halogenated alkanes) is 8. The highest BCUT2D eigenvalue weighted by Crippen LogP contribution is 2.34. The second-order valence-electron chi connectivity index (χ2n) is 7.30. The van der Waals surface area contributed by atoms with Gasteiger partial charge in [0.15, 0.2) is 0 Å². The first-order valence-corrected chi connectivity index (χ1v) is 11.4. The average molecular weight is 380 g/mol. The van der Waals surface area contributed by atoms with Crippen LogP contribution in [0.4, 0.5) is 0 Å². The lowest BCUT2D eigenvalue weighted by atomic mass is 10.0. The van der Waals surface area contributed by atoms with Gasteiger partial charge in [0.05, 0.1) is 12.3 Å². The summed E-state index contributed by atoms with van der Waals surface area (Å²) < 4.78 is 15.5. The first kappa shape index (κ1) is 24.6. The zero-order chi connectivity index (χ0) is 19.1. The molecule has 0 aromatic heterocycles. The van der Waals surface area contributed by atoms with E-state index in [1.54, 1.807) is 0 Å². The summed E-state index contributed by atoms with van der Waals surface area (Å²) in [6.45, 7) is 4.17. The van der Waals surface area contributed by atoms with Crippen LogP contribution in [0.1, 0.15) is 84.5 Å². The van der Waals surface area contributed by atoms with Crippen molar-refractivity contribution in [3.63, 3.8) is 0 Å². The molecular weight excluding hydrogens is 343 g/mol. The summed E-state index contributed by atoms with van der Waals surface area (Å²) >= 11 is 0. The number of rotatable bonds is 16. The first-order valence-electron chi connectivity index (χ1n) is 9.59. The van der Waals surface area contributed by atoms with Gasteiger partial charge in [0.1, 0.15) is 6.61 Å². The van der Waals surface area contributed by atoms with Gasteiger partial charge in [0, 0.05) is 6.42 Å². The Morgan fingerprint density at radius 3 is 1.88 bits per heavy atom. The van der Waals surface area contributed by atoms with E-state index in [-0.39, 0.29) is 13.0 Å². The van der Waals surface area contributed by atoms with Crippen molar-refractivity contribution in [2.75, 3.05) is 12.8 Å². The molecule has 25 heavy (non-hydrogen) atoms. The molecule has 0 aliphatic rings. The fraction of sp³-hybridized carbons (Fsp3) is 0.944. The minimum atomic E-state index is -4.27. The highest BCUT2D eigenvalue weighted by molar-refractivity contribution is 7.51. The highest BCUT2D eigenvalue weighted by Gasteiger charge is 2.20. The first-order chi connectivity index (χ1) is 11.7. The number of hydrogen-bond acceptors (Lipinski definition) is 4. The highest BCUT2D eigenvalue weighted by atomic mass is 31.2. The van der Waals surface area contributed by atoms with Gasteiger partial charge in [-0.15, -0.1) is 0 Å². The van der Waals surface area contributed by atoms with Crippen molar-refractivity contribution in [1.29, 1.82) is 0 Å². The number of carbonyl (C=O) groups excluding carboxylic acids is 1. The predicted molar refractivity (Wildman–Crippen MR) is 99.5 cm³/mol. The summed E-state index contributed by atoms with van der Waals surface area (Å²) in [5.74, 6) is 0.385. The number of aliphatic hydroxyl groups excluding tert-OH is 1. The Bertz CT molecular complexity index is 380. The molecule has 0 aromatic rings. The van der Waals surface area contributed by atoms with Crippen LogP contribution in [0.25, 0.3) is 0 Å². The van der Waals surface area contributed by atoms with Gasteiger partial charge in [-0.1, -0.05) is 71.6 Å². The van der Waals surface area contributed by atoms with E-state index in [4.69, 9.17) is 14.5 Å². The molecule has 6 nitrogen and oxygen atoms in total. The summed E-state index contributed by atoms with van der Waals surface area (Å²) in [6, 6.07) is 0. The van der Waals surface area contributed by atoms with E-state index in [0.717, 1.165) is 25.2 Å². The second-order valence-corrected chi connectivity index (χ2v) is 8.99. The Balaban J connectivity index is 3.36. The van der Waals surface area contributed by atoms with E-state index in [1.165, 1.54) is 44.9 Å². The molecule has 0 rings (SSSR count). The van der Waals surface area contributed by atoms with E-state index in [9.17, 15) is 14.5 Å². The quantitative estimate of drug-likeness (QED) is 0.212. The van der Waals surface area contributed by atoms with E-state index in [2.05, 4.69) is 13.8 Å². The average Bonchev–Trinajstić information content (AvgIpc) is 2.48. The molecule has 0 aliphatic heterocycles. The van der Waals surface area contributed by atoms with Gasteiger partial charge in [-0.05, 0) is 12.3 Å². The largest absolute Gasteiger partial charge is 0.463 e. The fourth-order valence-electron chi connectivity index (χ4n) is 2.65. The Hall–Kier alpha value is -0.420. The van der Waals surface area contributed by atoms with E-state index >= 15 is 0 Å². The molecule has 0 aromatic carbocycles. The molecular formula is C18H37O6P. The molecule has 150 valence electrons. The molecule has 0 saturated heterocycles. The molecule has 0 heterocycles. The molecule has 0 radical (unpaired) electrons. The molecule has 0 spiro atoms. The molecule has 1 unspecified atom stereocenters. The van der Waals surface area contributed by atoms with Crippen LogP contribution in [0.3, 0.4) is 0 Å². The summed E-state index contributed by atoms with van der Waals surface area (Å²) in [5.41, 5.74) is 0. The van der Waals surface area contributed by atoms with Gasteiger partial charge in [-0.3, -0.25) is 9.36 Å². The SMILES string of the molecule is CC(C)CCCCCCCCCCCC(=O)OCC(O)CP(=O)(O)O. The maximum Gasteiger partial charge on any atom is 0.328 e. The van der Waals surface area contributed by atoms with Crippen molar-refractivity contribution < 1.29 is 29.0 Å². The number of carbonyl (C=O) groups is 1. The van der Waals surface area contributed by atoms with Gasteiger partial charge >= 0.3 is 13.6 Å².